The summed E-state index contributed by atoms with van der Waals surface area (Å²) < 4.78 is 7.16. The molecule has 0 saturated carbocycles. The van der Waals surface area contributed by atoms with Crippen LogP contribution in [0.4, 0.5) is 0 Å². The molecule has 0 aliphatic carbocycles. The van der Waals surface area contributed by atoms with E-state index >= 15 is 0 Å². The molecule has 2 amide bonds. The molecule has 2 aromatic heterocycles. The van der Waals surface area contributed by atoms with Crippen molar-refractivity contribution in [3.8, 4) is 22.7 Å². The van der Waals surface area contributed by atoms with Crippen LogP contribution in [0, 0.1) is 13.8 Å². The molecule has 4 aromatic rings. The maximum absolute atomic E-state index is 12.8. The summed E-state index contributed by atoms with van der Waals surface area (Å²) in [5, 5.41) is 6.81. The van der Waals surface area contributed by atoms with Gasteiger partial charge in [-0.3, -0.25) is 25.5 Å². The molecule has 8 heteroatoms. The number of aryl methyl sites for hydroxylation is 1. The molecule has 0 spiro atoms. The number of hydrogen-bond donors (Lipinski definition) is 3. The van der Waals surface area contributed by atoms with Gasteiger partial charge in [-0.15, -0.1) is 0 Å². The summed E-state index contributed by atoms with van der Waals surface area (Å²) >= 11 is 0. The summed E-state index contributed by atoms with van der Waals surface area (Å²) in [5.41, 5.74) is 9.75. The van der Waals surface area contributed by atoms with Crippen molar-refractivity contribution in [2.45, 2.75) is 13.8 Å². The Balaban J connectivity index is 1.49. The predicted octanol–water partition coefficient (Wildman–Crippen LogP) is 3.57. The lowest BCUT2D eigenvalue weighted by Crippen LogP contribution is -2.41. The molecule has 0 aliphatic rings. The fourth-order valence-corrected chi connectivity index (χ4v) is 3.65. The van der Waals surface area contributed by atoms with Crippen LogP contribution in [-0.4, -0.2) is 33.7 Å². The van der Waals surface area contributed by atoms with Crippen molar-refractivity contribution in [1.82, 2.24) is 25.6 Å². The fourth-order valence-electron chi connectivity index (χ4n) is 3.65. The van der Waals surface area contributed by atoms with E-state index in [9.17, 15) is 9.59 Å². The second-order valence-corrected chi connectivity index (χ2v) is 7.25. The zero-order valence-corrected chi connectivity index (χ0v) is 18.0. The molecule has 0 unspecified atom stereocenters. The van der Waals surface area contributed by atoms with Crippen molar-refractivity contribution >= 4 is 11.8 Å². The van der Waals surface area contributed by atoms with Gasteiger partial charge in [-0.25, -0.2) is 0 Å². The zero-order chi connectivity index (χ0) is 22.7. The lowest BCUT2D eigenvalue weighted by molar-refractivity contribution is 0.0846. The molecule has 2 aromatic carbocycles. The van der Waals surface area contributed by atoms with Crippen molar-refractivity contribution in [2.75, 3.05) is 7.11 Å². The molecule has 32 heavy (non-hydrogen) atoms. The van der Waals surface area contributed by atoms with Gasteiger partial charge in [0.1, 0.15) is 5.75 Å². The van der Waals surface area contributed by atoms with E-state index in [1.165, 1.54) is 6.20 Å². The molecule has 8 nitrogen and oxygen atoms in total. The van der Waals surface area contributed by atoms with Gasteiger partial charge in [-0.05, 0) is 56.3 Å². The number of para-hydroxylation sites is 1. The third-order valence-electron chi connectivity index (χ3n) is 5.24. The maximum Gasteiger partial charge on any atom is 0.273 e. The van der Waals surface area contributed by atoms with E-state index in [2.05, 4.69) is 21.0 Å². The lowest BCUT2D eigenvalue weighted by Gasteiger charge is -2.10. The van der Waals surface area contributed by atoms with Gasteiger partial charge in [0.2, 0.25) is 0 Å². The lowest BCUT2D eigenvalue weighted by atomic mass is 10.1. The number of rotatable bonds is 5. The summed E-state index contributed by atoms with van der Waals surface area (Å²) in [4.78, 5) is 25.5. The Labute approximate surface area is 185 Å². The minimum absolute atomic E-state index is 0.310. The van der Waals surface area contributed by atoms with Gasteiger partial charge in [0.15, 0.2) is 0 Å². The Hall–Kier alpha value is -4.33. The van der Waals surface area contributed by atoms with Crippen LogP contribution in [-0.2, 0) is 0 Å². The van der Waals surface area contributed by atoms with Gasteiger partial charge in [0, 0.05) is 22.6 Å². The van der Waals surface area contributed by atoms with Gasteiger partial charge < -0.3 is 9.30 Å². The first-order valence-electron chi connectivity index (χ1n) is 10.0. The number of benzene rings is 2. The highest BCUT2D eigenvalue weighted by Gasteiger charge is 2.19. The monoisotopic (exact) mass is 429 g/mol. The molecule has 0 fully saturated rings. The number of aromatic nitrogens is 3. The number of amides is 2. The van der Waals surface area contributed by atoms with E-state index in [0.717, 1.165) is 22.6 Å². The summed E-state index contributed by atoms with van der Waals surface area (Å²) in [7, 11) is 1.59. The Morgan fingerprint density at radius 3 is 2.25 bits per heavy atom. The molecule has 162 valence electrons. The standard InChI is InChI=1S/C24H23N5O3/c1-15-13-20(16(2)29(15)18-7-5-4-6-8-18)23(30)27-28-24(31)21-14-25-26-22(21)17-9-11-19(32-3)12-10-17/h4-14H,1-3H3,(H,25,26)(H,27,30)(H,28,31). The first-order chi connectivity index (χ1) is 15.5. The summed E-state index contributed by atoms with van der Waals surface area (Å²) in [5.74, 6) is -0.169. The number of carbonyl (C=O) groups excluding carboxylic acids is 2. The predicted molar refractivity (Wildman–Crippen MR) is 121 cm³/mol. The normalized spacial score (nSPS) is 10.6. The number of nitrogens with zero attached hydrogens (tertiary/aromatic N) is 2. The second-order valence-electron chi connectivity index (χ2n) is 7.25. The molecule has 0 saturated heterocycles. The average Bonchev–Trinajstić information content (AvgIpc) is 3.42. The Morgan fingerprint density at radius 1 is 0.938 bits per heavy atom. The van der Waals surface area contributed by atoms with Crippen LogP contribution in [0.25, 0.3) is 16.9 Å². The highest BCUT2D eigenvalue weighted by atomic mass is 16.5. The molecular formula is C24H23N5O3. The Kier molecular flexibility index (Phi) is 5.76. The fraction of sp³-hybridized carbons (Fsp3) is 0.125. The van der Waals surface area contributed by atoms with Crippen LogP contribution < -0.4 is 15.6 Å². The van der Waals surface area contributed by atoms with Crippen molar-refractivity contribution in [1.29, 1.82) is 0 Å². The van der Waals surface area contributed by atoms with Crippen molar-refractivity contribution < 1.29 is 14.3 Å². The highest BCUT2D eigenvalue weighted by Crippen LogP contribution is 2.24. The van der Waals surface area contributed by atoms with Gasteiger partial charge in [-0.2, -0.15) is 5.10 Å². The van der Waals surface area contributed by atoms with Gasteiger partial charge >= 0.3 is 0 Å². The van der Waals surface area contributed by atoms with E-state index < -0.39 is 11.8 Å². The van der Waals surface area contributed by atoms with E-state index in [0.29, 0.717) is 22.6 Å². The van der Waals surface area contributed by atoms with Gasteiger partial charge in [-0.1, -0.05) is 18.2 Å². The topological polar surface area (TPSA) is 101 Å². The second kappa shape index (κ2) is 8.81. The Bertz CT molecular complexity index is 1260. The zero-order valence-electron chi connectivity index (χ0n) is 18.0. The minimum atomic E-state index is -0.477. The van der Waals surface area contributed by atoms with Crippen molar-refractivity contribution in [3.63, 3.8) is 0 Å². The summed E-state index contributed by atoms with van der Waals surface area (Å²) in [6, 6.07) is 18.8. The molecule has 2 heterocycles. The van der Waals surface area contributed by atoms with Crippen LogP contribution >= 0.6 is 0 Å². The number of nitrogens with one attached hydrogen (secondary N) is 3. The van der Waals surface area contributed by atoms with Crippen LogP contribution in [0.3, 0.4) is 0 Å². The molecule has 3 N–H and O–H groups in total. The maximum atomic E-state index is 12.8. The molecule has 0 bridgehead atoms. The van der Waals surface area contributed by atoms with Crippen LogP contribution in [0.5, 0.6) is 5.75 Å². The van der Waals surface area contributed by atoms with E-state index in [1.807, 2.05) is 60.9 Å². The van der Waals surface area contributed by atoms with E-state index in [4.69, 9.17) is 4.74 Å². The first kappa shape index (κ1) is 20.9. The van der Waals surface area contributed by atoms with Crippen LogP contribution in [0.15, 0.2) is 66.9 Å². The number of aromatic amines is 1. The highest BCUT2D eigenvalue weighted by molar-refractivity contribution is 6.02. The quantitative estimate of drug-likeness (QED) is 0.422. The van der Waals surface area contributed by atoms with Crippen molar-refractivity contribution in [2.24, 2.45) is 0 Å². The molecule has 0 radical (unpaired) electrons. The number of carbonyl (C=O) groups is 2. The third kappa shape index (κ3) is 3.98. The van der Waals surface area contributed by atoms with E-state index in [-0.39, 0.29) is 0 Å². The Morgan fingerprint density at radius 2 is 1.59 bits per heavy atom. The number of H-pyrrole nitrogens is 1. The number of methoxy groups -OCH3 is 1. The number of hydrogen-bond acceptors (Lipinski definition) is 4. The summed E-state index contributed by atoms with van der Waals surface area (Å²) in [6.45, 7) is 3.80. The van der Waals surface area contributed by atoms with E-state index in [1.54, 1.807) is 25.3 Å². The van der Waals surface area contributed by atoms with Gasteiger partial charge in [0.25, 0.3) is 11.8 Å². The first-order valence-corrected chi connectivity index (χ1v) is 10.0. The van der Waals surface area contributed by atoms with Crippen LogP contribution in [0.2, 0.25) is 0 Å². The number of hydrazine groups is 1. The average molecular weight is 429 g/mol. The number of ether oxygens (including phenoxy) is 1. The smallest absolute Gasteiger partial charge is 0.273 e. The van der Waals surface area contributed by atoms with Crippen molar-refractivity contribution in [3.05, 3.63) is 89.4 Å². The SMILES string of the molecule is COc1ccc(-c2[nH]ncc2C(=O)NNC(=O)c2cc(C)n(-c3ccccc3)c2C)cc1. The minimum Gasteiger partial charge on any atom is -0.497 e. The van der Waals surface area contributed by atoms with Gasteiger partial charge in [0.05, 0.1) is 30.1 Å². The third-order valence-corrected chi connectivity index (χ3v) is 5.24. The van der Waals surface area contributed by atoms with Crippen LogP contribution in [0.1, 0.15) is 32.1 Å². The molecular weight excluding hydrogens is 406 g/mol. The summed E-state index contributed by atoms with van der Waals surface area (Å²) in [6.07, 6.45) is 1.42. The molecule has 0 aliphatic heterocycles. The molecule has 4 rings (SSSR count). The largest absolute Gasteiger partial charge is 0.497 e. The molecule has 0 atom stereocenters.